The number of hydrogen-bond donors (Lipinski definition) is 0. The molecule has 0 aliphatic rings. The fraction of sp³-hybridized carbons (Fsp3) is 0.235. The van der Waals surface area contributed by atoms with Gasteiger partial charge in [0.25, 0.3) is 0 Å². The minimum atomic E-state index is -0.456. The van der Waals surface area contributed by atoms with E-state index in [9.17, 15) is 9.59 Å². The molecule has 1 aromatic heterocycles. The van der Waals surface area contributed by atoms with Gasteiger partial charge in [-0.15, -0.1) is 0 Å². The monoisotopic (exact) mass is 315 g/mol. The summed E-state index contributed by atoms with van der Waals surface area (Å²) in [6, 6.07) is 8.24. The van der Waals surface area contributed by atoms with E-state index >= 15 is 0 Å². The summed E-state index contributed by atoms with van der Waals surface area (Å²) in [7, 11) is 1.55. The minimum Gasteiger partial charge on any atom is -0.497 e. The Labute approximate surface area is 134 Å². The fourth-order valence-electron chi connectivity index (χ4n) is 1.85. The third-order valence-electron chi connectivity index (χ3n) is 3.05. The molecule has 120 valence electrons. The minimum absolute atomic E-state index is 0.0341. The largest absolute Gasteiger partial charge is 0.497 e. The Morgan fingerprint density at radius 2 is 1.87 bits per heavy atom. The molecule has 1 heterocycles. The van der Waals surface area contributed by atoms with Crippen LogP contribution in [0.1, 0.15) is 28.5 Å². The van der Waals surface area contributed by atoms with Crippen molar-refractivity contribution in [1.82, 2.24) is 4.98 Å². The van der Waals surface area contributed by atoms with E-state index in [1.807, 2.05) is 0 Å². The molecule has 0 bridgehead atoms. The summed E-state index contributed by atoms with van der Waals surface area (Å²) in [5, 5.41) is 0. The van der Waals surface area contributed by atoms with Crippen molar-refractivity contribution in [2.75, 3.05) is 7.11 Å². The summed E-state index contributed by atoms with van der Waals surface area (Å²) in [5.74, 6) is 0.135. The molecule has 0 aliphatic heterocycles. The SMILES string of the molecule is COc1ccc(C(=O)OCc2cnc(C)c(OC(C)=O)c2)cc1. The van der Waals surface area contributed by atoms with Crippen LogP contribution in [0.15, 0.2) is 36.5 Å². The highest BCUT2D eigenvalue weighted by Gasteiger charge is 2.10. The van der Waals surface area contributed by atoms with Gasteiger partial charge in [-0.3, -0.25) is 9.78 Å². The quantitative estimate of drug-likeness (QED) is 0.790. The zero-order valence-corrected chi connectivity index (χ0v) is 13.2. The number of ether oxygens (including phenoxy) is 3. The fourth-order valence-corrected chi connectivity index (χ4v) is 1.85. The van der Waals surface area contributed by atoms with E-state index in [-0.39, 0.29) is 6.61 Å². The van der Waals surface area contributed by atoms with Gasteiger partial charge in [-0.2, -0.15) is 0 Å². The highest BCUT2D eigenvalue weighted by atomic mass is 16.5. The first kappa shape index (κ1) is 16.5. The van der Waals surface area contributed by atoms with Crippen LogP contribution >= 0.6 is 0 Å². The van der Waals surface area contributed by atoms with Crippen molar-refractivity contribution >= 4 is 11.9 Å². The van der Waals surface area contributed by atoms with Crippen LogP contribution in [-0.4, -0.2) is 24.0 Å². The van der Waals surface area contributed by atoms with Crippen molar-refractivity contribution in [3.05, 3.63) is 53.3 Å². The van der Waals surface area contributed by atoms with Crippen molar-refractivity contribution < 1.29 is 23.8 Å². The zero-order valence-electron chi connectivity index (χ0n) is 13.2. The third kappa shape index (κ3) is 4.54. The molecule has 6 nitrogen and oxygen atoms in total. The van der Waals surface area contributed by atoms with Gasteiger partial charge in [-0.1, -0.05) is 0 Å². The Balaban J connectivity index is 2.02. The van der Waals surface area contributed by atoms with Gasteiger partial charge >= 0.3 is 11.9 Å². The molecule has 0 unspecified atom stereocenters. The van der Waals surface area contributed by atoms with Crippen LogP contribution < -0.4 is 9.47 Å². The van der Waals surface area contributed by atoms with E-state index in [1.54, 1.807) is 50.6 Å². The first-order valence-electron chi connectivity index (χ1n) is 6.94. The average molecular weight is 315 g/mol. The van der Waals surface area contributed by atoms with Crippen LogP contribution in [-0.2, 0) is 16.1 Å². The molecule has 0 radical (unpaired) electrons. The predicted octanol–water partition coefficient (Wildman–Crippen LogP) is 2.68. The number of methoxy groups -OCH3 is 1. The van der Waals surface area contributed by atoms with E-state index in [0.29, 0.717) is 28.3 Å². The van der Waals surface area contributed by atoms with Gasteiger partial charge < -0.3 is 14.2 Å². The standard InChI is InChI=1S/C17H17NO5/c1-11-16(23-12(2)19)8-13(9-18-11)10-22-17(20)14-4-6-15(21-3)7-5-14/h4-9H,10H2,1-3H3. The smallest absolute Gasteiger partial charge is 0.338 e. The number of rotatable bonds is 5. The molecule has 23 heavy (non-hydrogen) atoms. The number of pyridine rings is 1. The number of aromatic nitrogens is 1. The van der Waals surface area contributed by atoms with Gasteiger partial charge in [0.15, 0.2) is 5.75 Å². The first-order valence-corrected chi connectivity index (χ1v) is 6.94. The number of esters is 2. The van der Waals surface area contributed by atoms with Crippen LogP contribution in [0.25, 0.3) is 0 Å². The van der Waals surface area contributed by atoms with E-state index in [0.717, 1.165) is 0 Å². The maximum atomic E-state index is 12.0. The van der Waals surface area contributed by atoms with Crippen molar-refractivity contribution in [3.8, 4) is 11.5 Å². The lowest BCUT2D eigenvalue weighted by atomic mass is 10.2. The zero-order chi connectivity index (χ0) is 16.8. The molecule has 0 fully saturated rings. The van der Waals surface area contributed by atoms with E-state index < -0.39 is 11.9 Å². The molecule has 0 amide bonds. The van der Waals surface area contributed by atoms with Crippen LogP contribution in [0.2, 0.25) is 0 Å². The maximum Gasteiger partial charge on any atom is 0.338 e. The molecule has 0 atom stereocenters. The van der Waals surface area contributed by atoms with Gasteiger partial charge in [-0.05, 0) is 37.3 Å². The van der Waals surface area contributed by atoms with Crippen LogP contribution in [0.5, 0.6) is 11.5 Å². The lowest BCUT2D eigenvalue weighted by molar-refractivity contribution is -0.131. The van der Waals surface area contributed by atoms with Gasteiger partial charge in [0.2, 0.25) is 0 Å². The normalized spacial score (nSPS) is 10.0. The molecule has 0 saturated carbocycles. The second-order valence-electron chi connectivity index (χ2n) is 4.83. The Kier molecular flexibility index (Phi) is 5.30. The Hall–Kier alpha value is -2.89. The van der Waals surface area contributed by atoms with Gasteiger partial charge in [0.1, 0.15) is 12.4 Å². The topological polar surface area (TPSA) is 74.7 Å². The highest BCUT2D eigenvalue weighted by Crippen LogP contribution is 2.18. The van der Waals surface area contributed by atoms with E-state index in [1.165, 1.54) is 6.92 Å². The number of nitrogens with zero attached hydrogens (tertiary/aromatic N) is 1. The molecule has 6 heteroatoms. The number of carbonyl (C=O) groups excluding carboxylic acids is 2. The molecule has 1 aromatic carbocycles. The Morgan fingerprint density at radius 3 is 2.48 bits per heavy atom. The second kappa shape index (κ2) is 7.40. The molecule has 2 aromatic rings. The summed E-state index contributed by atoms with van der Waals surface area (Å²) in [6.07, 6.45) is 1.57. The van der Waals surface area contributed by atoms with Crippen molar-refractivity contribution in [2.45, 2.75) is 20.5 Å². The molecule has 0 aliphatic carbocycles. The predicted molar refractivity (Wildman–Crippen MR) is 82.4 cm³/mol. The van der Waals surface area contributed by atoms with Crippen molar-refractivity contribution in [1.29, 1.82) is 0 Å². The van der Waals surface area contributed by atoms with Crippen LogP contribution in [0.4, 0.5) is 0 Å². The Morgan fingerprint density at radius 1 is 1.17 bits per heavy atom. The molecule has 0 N–H and O–H groups in total. The van der Waals surface area contributed by atoms with E-state index in [2.05, 4.69) is 4.98 Å². The van der Waals surface area contributed by atoms with Crippen LogP contribution in [0, 0.1) is 6.92 Å². The molecular formula is C17H17NO5. The van der Waals surface area contributed by atoms with Gasteiger partial charge in [0.05, 0.1) is 18.4 Å². The summed E-state index contributed by atoms with van der Waals surface area (Å²) in [6.45, 7) is 3.08. The summed E-state index contributed by atoms with van der Waals surface area (Å²) >= 11 is 0. The van der Waals surface area contributed by atoms with Crippen molar-refractivity contribution in [3.63, 3.8) is 0 Å². The van der Waals surface area contributed by atoms with Gasteiger partial charge in [-0.25, -0.2) is 4.79 Å². The maximum absolute atomic E-state index is 12.0. The number of aryl methyl sites for hydroxylation is 1. The number of carbonyl (C=O) groups is 2. The Bertz CT molecular complexity index is 709. The average Bonchev–Trinajstić information content (AvgIpc) is 2.55. The van der Waals surface area contributed by atoms with E-state index in [4.69, 9.17) is 14.2 Å². The number of benzene rings is 1. The summed E-state index contributed by atoms with van der Waals surface area (Å²) in [4.78, 5) is 27.1. The lowest BCUT2D eigenvalue weighted by Crippen LogP contribution is -2.07. The molecular weight excluding hydrogens is 298 g/mol. The molecule has 2 rings (SSSR count). The highest BCUT2D eigenvalue weighted by molar-refractivity contribution is 5.89. The number of hydrogen-bond acceptors (Lipinski definition) is 6. The second-order valence-corrected chi connectivity index (χ2v) is 4.83. The summed E-state index contributed by atoms with van der Waals surface area (Å²) < 4.78 is 15.3. The molecule has 0 spiro atoms. The summed E-state index contributed by atoms with van der Waals surface area (Å²) in [5.41, 5.74) is 1.64. The van der Waals surface area contributed by atoms with Crippen molar-refractivity contribution in [2.24, 2.45) is 0 Å². The van der Waals surface area contributed by atoms with Gasteiger partial charge in [0, 0.05) is 18.7 Å². The lowest BCUT2D eigenvalue weighted by Gasteiger charge is -2.09. The van der Waals surface area contributed by atoms with Crippen LogP contribution in [0.3, 0.4) is 0 Å². The molecule has 0 saturated heterocycles. The first-order chi connectivity index (χ1) is 11.0. The third-order valence-corrected chi connectivity index (χ3v) is 3.05.